The lowest BCUT2D eigenvalue weighted by Crippen LogP contribution is -2.58. The molecule has 54 heavy (non-hydrogen) atoms. The van der Waals surface area contributed by atoms with Gasteiger partial charge in [0.15, 0.2) is 6.10 Å². The van der Waals surface area contributed by atoms with Crippen molar-refractivity contribution in [3.8, 4) is 0 Å². The number of nitrogen functional groups attached to an aromatic ring is 1. The average Bonchev–Trinajstić information content (AvgIpc) is 3.65. The zero-order chi connectivity index (χ0) is 40.1. The lowest BCUT2D eigenvalue weighted by molar-refractivity contribution is -0.145. The Balaban J connectivity index is 1.84. The molecule has 0 aliphatic carbocycles. The number of likely N-dealkylation sites (N-methyl/N-ethyl adjacent to an activating group) is 2. The first-order valence-electron chi connectivity index (χ1n) is 18.9. The summed E-state index contributed by atoms with van der Waals surface area (Å²) in [5.74, 6) is -1.85. The number of carbonyl (C=O) groups is 5. The second-order valence-electron chi connectivity index (χ2n) is 14.9. The second-order valence-corrected chi connectivity index (χ2v) is 15.7. The number of aromatic nitrogens is 1. The van der Waals surface area contributed by atoms with E-state index >= 15 is 0 Å². The molecule has 0 radical (unpaired) electrons. The Morgan fingerprint density at radius 1 is 1.06 bits per heavy atom. The summed E-state index contributed by atoms with van der Waals surface area (Å²) in [6, 6.07) is 5.45. The Bertz CT molecular complexity index is 1550. The van der Waals surface area contributed by atoms with E-state index in [0.29, 0.717) is 30.0 Å². The van der Waals surface area contributed by atoms with Crippen LogP contribution in [0.3, 0.4) is 0 Å². The quantitative estimate of drug-likeness (QED) is 0.124. The third kappa shape index (κ3) is 12.4. The van der Waals surface area contributed by atoms with Crippen LogP contribution in [0.1, 0.15) is 100 Å². The summed E-state index contributed by atoms with van der Waals surface area (Å²) in [4.78, 5) is 74.6. The number of piperidine rings is 1. The number of thiazole rings is 1. The number of amides is 4. The van der Waals surface area contributed by atoms with Gasteiger partial charge in [-0.05, 0) is 68.8 Å². The smallest absolute Gasteiger partial charge is 0.407 e. The normalized spacial score (nSPS) is 18.0. The fraction of sp³-hybridized carbons (Fsp3) is 0.641. The van der Waals surface area contributed by atoms with Crippen LogP contribution in [0.2, 0.25) is 0 Å². The molecule has 1 aliphatic rings. The number of benzene rings is 1. The van der Waals surface area contributed by atoms with Gasteiger partial charge in [-0.1, -0.05) is 59.6 Å². The van der Waals surface area contributed by atoms with Crippen LogP contribution in [0.5, 0.6) is 0 Å². The van der Waals surface area contributed by atoms with E-state index in [1.165, 1.54) is 25.5 Å². The number of ether oxygens (including phenoxy) is 2. The number of alkyl carbamates (subject to hydrolysis) is 1. The molecule has 0 bridgehead atoms. The van der Waals surface area contributed by atoms with Gasteiger partial charge in [-0.2, -0.15) is 0 Å². The summed E-state index contributed by atoms with van der Waals surface area (Å²) >= 11 is 1.18. The molecule has 1 aliphatic heterocycles. The number of nitrogens with two attached hydrogens (primary N) is 1. The Labute approximate surface area is 324 Å². The highest BCUT2D eigenvalue weighted by Gasteiger charge is 2.37. The van der Waals surface area contributed by atoms with Gasteiger partial charge >= 0.3 is 12.1 Å². The van der Waals surface area contributed by atoms with Crippen molar-refractivity contribution >= 4 is 46.8 Å². The van der Waals surface area contributed by atoms with Crippen LogP contribution in [-0.2, 0) is 30.3 Å². The predicted molar refractivity (Wildman–Crippen MR) is 210 cm³/mol. The van der Waals surface area contributed by atoms with Gasteiger partial charge in [-0.3, -0.25) is 24.1 Å². The third-order valence-electron chi connectivity index (χ3n) is 10.4. The summed E-state index contributed by atoms with van der Waals surface area (Å²) in [7, 11) is 6.44. The molecule has 0 saturated carbocycles. The topological polar surface area (TPSA) is 185 Å². The summed E-state index contributed by atoms with van der Waals surface area (Å²) in [5, 5.41) is 10.6. The molecule has 1 saturated heterocycles. The molecule has 1 fully saturated rings. The minimum atomic E-state index is -0.892. The minimum Gasteiger partial charge on any atom is -0.469 e. The van der Waals surface area contributed by atoms with E-state index in [4.69, 9.17) is 15.2 Å². The van der Waals surface area contributed by atoms with Crippen LogP contribution in [0.25, 0.3) is 0 Å². The molecule has 14 nitrogen and oxygen atoms in total. The van der Waals surface area contributed by atoms with Gasteiger partial charge in [-0.15, -0.1) is 11.3 Å². The van der Waals surface area contributed by atoms with Gasteiger partial charge < -0.3 is 36.1 Å². The Morgan fingerprint density at radius 3 is 2.33 bits per heavy atom. The number of carbonyl (C=O) groups excluding carboxylic acids is 5. The number of esters is 1. The van der Waals surface area contributed by atoms with E-state index in [1.807, 2.05) is 51.8 Å². The van der Waals surface area contributed by atoms with Gasteiger partial charge in [0.2, 0.25) is 11.8 Å². The van der Waals surface area contributed by atoms with E-state index in [2.05, 4.69) is 20.9 Å². The van der Waals surface area contributed by atoms with Crippen molar-refractivity contribution in [1.29, 1.82) is 0 Å². The summed E-state index contributed by atoms with van der Waals surface area (Å²) in [6.45, 7) is 10.5. The molecule has 5 N–H and O–H groups in total. The number of hydrogen-bond donors (Lipinski definition) is 4. The third-order valence-corrected chi connectivity index (χ3v) is 11.4. The molecule has 4 amide bonds. The summed E-state index contributed by atoms with van der Waals surface area (Å²) in [5.41, 5.74) is 7.54. The van der Waals surface area contributed by atoms with Gasteiger partial charge in [-0.25, -0.2) is 9.78 Å². The molecule has 1 aromatic carbocycles. The maximum absolute atomic E-state index is 14.2. The Morgan fingerprint density at radius 2 is 1.74 bits per heavy atom. The van der Waals surface area contributed by atoms with Crippen LogP contribution in [0, 0.1) is 17.8 Å². The largest absolute Gasteiger partial charge is 0.469 e. The first-order chi connectivity index (χ1) is 25.6. The molecule has 1 unspecified atom stereocenters. The number of nitrogens with one attached hydrogen (secondary N) is 3. The molecule has 7 atom stereocenters. The Kier molecular flexibility index (Phi) is 17.2. The van der Waals surface area contributed by atoms with Crippen LogP contribution in [0.4, 0.5) is 10.5 Å². The van der Waals surface area contributed by atoms with E-state index in [1.54, 1.807) is 36.4 Å². The van der Waals surface area contributed by atoms with E-state index in [9.17, 15) is 24.0 Å². The fourth-order valence-corrected chi connectivity index (χ4v) is 7.70. The maximum atomic E-state index is 14.2. The molecule has 2 aromatic rings. The number of anilines is 1. The van der Waals surface area contributed by atoms with Crippen molar-refractivity contribution in [2.24, 2.45) is 17.8 Å². The number of rotatable bonds is 18. The molecule has 15 heteroatoms. The average molecular weight is 772 g/mol. The summed E-state index contributed by atoms with van der Waals surface area (Å²) < 4.78 is 10.8. The van der Waals surface area contributed by atoms with Crippen LogP contribution in [0.15, 0.2) is 29.6 Å². The maximum Gasteiger partial charge on any atom is 0.407 e. The van der Waals surface area contributed by atoms with Crippen molar-refractivity contribution < 1.29 is 33.4 Å². The zero-order valence-corrected chi connectivity index (χ0v) is 34.2. The van der Waals surface area contributed by atoms with E-state index in [-0.39, 0.29) is 47.8 Å². The van der Waals surface area contributed by atoms with Crippen molar-refractivity contribution in [1.82, 2.24) is 30.7 Å². The van der Waals surface area contributed by atoms with Gasteiger partial charge in [0.25, 0.3) is 5.91 Å². The monoisotopic (exact) mass is 771 g/mol. The highest BCUT2D eigenvalue weighted by Crippen LogP contribution is 2.31. The SMILES string of the molecule is CC[C@H](C)[C@H](NC(=O)[C@H]1CCCCN1C)C(=O)N(C)[C@H](C[C@@H](OC(=O)NC)c1nc(C(=O)N[C@@H](Cc2ccc(N)cc2)CC(C)C(=O)OC)cs1)C(C)C. The highest BCUT2D eigenvalue weighted by molar-refractivity contribution is 7.09. The van der Waals surface area contributed by atoms with Crippen molar-refractivity contribution in [2.75, 3.05) is 40.5 Å². The molecular weight excluding hydrogens is 711 g/mol. The van der Waals surface area contributed by atoms with Crippen molar-refractivity contribution in [2.45, 2.75) is 110 Å². The number of nitrogens with zero attached hydrogens (tertiary/aromatic N) is 3. The molecule has 0 spiro atoms. The zero-order valence-electron chi connectivity index (χ0n) is 33.3. The molecule has 2 heterocycles. The molecule has 1 aromatic heterocycles. The van der Waals surface area contributed by atoms with Crippen molar-refractivity contribution in [3.63, 3.8) is 0 Å². The number of hydrogen-bond acceptors (Lipinski definition) is 11. The summed E-state index contributed by atoms with van der Waals surface area (Å²) in [6.07, 6.45) is 2.83. The molecular formula is C39H61N7O7S. The number of methoxy groups -OCH3 is 1. The predicted octanol–water partition coefficient (Wildman–Crippen LogP) is 4.55. The van der Waals surface area contributed by atoms with Crippen LogP contribution < -0.4 is 21.7 Å². The van der Waals surface area contributed by atoms with Crippen LogP contribution in [-0.4, -0.2) is 104 Å². The minimum absolute atomic E-state index is 0.0684. The van der Waals surface area contributed by atoms with Crippen LogP contribution >= 0.6 is 11.3 Å². The van der Waals surface area contributed by atoms with E-state index in [0.717, 1.165) is 31.4 Å². The first-order valence-corrected chi connectivity index (χ1v) is 19.8. The van der Waals surface area contributed by atoms with Gasteiger partial charge in [0.05, 0.1) is 19.1 Å². The lowest BCUT2D eigenvalue weighted by atomic mass is 9.92. The van der Waals surface area contributed by atoms with E-state index < -0.39 is 42.1 Å². The van der Waals surface area contributed by atoms with Gasteiger partial charge in [0.1, 0.15) is 16.7 Å². The first kappa shape index (κ1) is 44.2. The molecule has 3 rings (SSSR count). The standard InChI is InChI=1S/C39H61N7O7S/c1-10-24(4)33(44-35(48)30-13-11-12-18-45(30)7)37(49)46(8)31(23(2)3)21-32(53-39(51)41-6)36-43-29(22-54-36)34(47)42-28(19-25(5)38(50)52-9)20-26-14-16-27(40)17-15-26/h14-17,22-25,28,30-33H,10-13,18-21,40H2,1-9H3,(H,41,51)(H,42,47)(H,44,48)/t24-,25?,28+,30+,31+,32+,33-/m0/s1. The lowest BCUT2D eigenvalue weighted by Gasteiger charge is -2.38. The Hall–Kier alpha value is -4.24. The number of likely N-dealkylation sites (tertiary alicyclic amines) is 1. The molecule has 300 valence electrons. The second kappa shape index (κ2) is 21.0. The fourth-order valence-electron chi connectivity index (χ4n) is 6.86. The van der Waals surface area contributed by atoms with Crippen molar-refractivity contribution in [3.05, 3.63) is 45.9 Å². The highest BCUT2D eigenvalue weighted by atomic mass is 32.1. The van der Waals surface area contributed by atoms with Gasteiger partial charge in [0, 0.05) is 43.7 Å².